The van der Waals surface area contributed by atoms with Crippen molar-refractivity contribution in [3.63, 3.8) is 0 Å². The lowest BCUT2D eigenvalue weighted by Crippen LogP contribution is -2.35. The number of amides is 2. The highest BCUT2D eigenvalue weighted by molar-refractivity contribution is 6.35. The summed E-state index contributed by atoms with van der Waals surface area (Å²) in [6.45, 7) is 1.05. The standard InChI is InChI=1S/C18H16Cl2N2O4/c1-11(17(24)22-15-9-13(19)7-8-14(15)20)26-16(23)10-21-18(25)12-5-3-2-4-6-12/h2-9,11H,10H2,1H3,(H,21,25)(H,22,24). The molecular formula is C18H16Cl2N2O4. The van der Waals surface area contributed by atoms with E-state index in [0.29, 0.717) is 21.3 Å². The van der Waals surface area contributed by atoms with Crippen LogP contribution in [0.15, 0.2) is 48.5 Å². The second kappa shape index (κ2) is 9.22. The fourth-order valence-corrected chi connectivity index (χ4v) is 2.30. The normalized spacial score (nSPS) is 11.3. The molecule has 136 valence electrons. The number of carbonyl (C=O) groups is 3. The molecule has 0 fully saturated rings. The van der Waals surface area contributed by atoms with Gasteiger partial charge in [-0.25, -0.2) is 0 Å². The van der Waals surface area contributed by atoms with Crippen LogP contribution < -0.4 is 10.6 Å². The average molecular weight is 395 g/mol. The van der Waals surface area contributed by atoms with Crippen LogP contribution in [0.4, 0.5) is 5.69 Å². The van der Waals surface area contributed by atoms with Crippen molar-refractivity contribution in [3.05, 3.63) is 64.1 Å². The largest absolute Gasteiger partial charge is 0.451 e. The van der Waals surface area contributed by atoms with E-state index < -0.39 is 23.9 Å². The number of hydrogen-bond acceptors (Lipinski definition) is 4. The summed E-state index contributed by atoms with van der Waals surface area (Å²) in [7, 11) is 0. The van der Waals surface area contributed by atoms with E-state index in [-0.39, 0.29) is 6.54 Å². The number of nitrogens with one attached hydrogen (secondary N) is 2. The molecule has 2 amide bonds. The second-order valence-corrected chi connectivity index (χ2v) is 6.14. The number of hydrogen-bond donors (Lipinski definition) is 2. The lowest BCUT2D eigenvalue weighted by atomic mass is 10.2. The zero-order valence-corrected chi connectivity index (χ0v) is 15.3. The number of halogens is 2. The lowest BCUT2D eigenvalue weighted by Gasteiger charge is -2.14. The smallest absolute Gasteiger partial charge is 0.326 e. The minimum absolute atomic E-state index is 0.302. The Morgan fingerprint density at radius 3 is 2.46 bits per heavy atom. The summed E-state index contributed by atoms with van der Waals surface area (Å²) >= 11 is 11.8. The van der Waals surface area contributed by atoms with Gasteiger partial charge in [0.05, 0.1) is 10.7 Å². The van der Waals surface area contributed by atoms with Crippen molar-refractivity contribution in [3.8, 4) is 0 Å². The molecule has 6 nitrogen and oxygen atoms in total. The number of esters is 1. The Labute approximate surface area is 160 Å². The SMILES string of the molecule is CC(OC(=O)CNC(=O)c1ccccc1)C(=O)Nc1cc(Cl)ccc1Cl. The van der Waals surface area contributed by atoms with Gasteiger partial charge in [-0.1, -0.05) is 41.4 Å². The van der Waals surface area contributed by atoms with E-state index in [2.05, 4.69) is 10.6 Å². The van der Waals surface area contributed by atoms with Gasteiger partial charge in [-0.05, 0) is 37.3 Å². The Hall–Kier alpha value is -2.57. The van der Waals surface area contributed by atoms with Crippen LogP contribution in [0.1, 0.15) is 17.3 Å². The number of benzene rings is 2. The third-order valence-corrected chi connectivity index (χ3v) is 3.86. The Morgan fingerprint density at radius 1 is 1.08 bits per heavy atom. The molecule has 0 aromatic heterocycles. The minimum Gasteiger partial charge on any atom is -0.451 e. The fraction of sp³-hybridized carbons (Fsp3) is 0.167. The van der Waals surface area contributed by atoms with Crippen LogP contribution in [-0.4, -0.2) is 30.4 Å². The fourth-order valence-electron chi connectivity index (χ4n) is 1.96. The maximum Gasteiger partial charge on any atom is 0.326 e. The first-order chi connectivity index (χ1) is 12.4. The highest BCUT2D eigenvalue weighted by Gasteiger charge is 2.19. The molecule has 2 aromatic rings. The quantitative estimate of drug-likeness (QED) is 0.736. The van der Waals surface area contributed by atoms with Crippen LogP contribution in [0.3, 0.4) is 0 Å². The molecule has 0 heterocycles. The topological polar surface area (TPSA) is 84.5 Å². The number of anilines is 1. The van der Waals surface area contributed by atoms with Crippen molar-refractivity contribution < 1.29 is 19.1 Å². The summed E-state index contributed by atoms with van der Waals surface area (Å²) in [4.78, 5) is 35.8. The molecule has 2 rings (SSSR count). The van der Waals surface area contributed by atoms with E-state index in [9.17, 15) is 14.4 Å². The number of carbonyl (C=O) groups excluding carboxylic acids is 3. The second-order valence-electron chi connectivity index (χ2n) is 5.29. The third-order valence-electron chi connectivity index (χ3n) is 3.29. The van der Waals surface area contributed by atoms with E-state index in [4.69, 9.17) is 27.9 Å². The van der Waals surface area contributed by atoms with Crippen molar-refractivity contribution in [2.24, 2.45) is 0 Å². The van der Waals surface area contributed by atoms with Crippen molar-refractivity contribution >= 4 is 46.7 Å². The van der Waals surface area contributed by atoms with Crippen LogP contribution in [0.5, 0.6) is 0 Å². The van der Waals surface area contributed by atoms with E-state index in [1.165, 1.54) is 19.1 Å². The van der Waals surface area contributed by atoms with Gasteiger partial charge in [0.25, 0.3) is 11.8 Å². The van der Waals surface area contributed by atoms with Crippen LogP contribution in [0.2, 0.25) is 10.0 Å². The molecule has 1 unspecified atom stereocenters. The molecule has 0 radical (unpaired) electrons. The molecule has 0 saturated heterocycles. The zero-order valence-electron chi connectivity index (χ0n) is 13.8. The zero-order chi connectivity index (χ0) is 19.1. The average Bonchev–Trinajstić information content (AvgIpc) is 2.63. The number of ether oxygens (including phenoxy) is 1. The molecule has 0 spiro atoms. The molecule has 0 aliphatic rings. The molecule has 2 aromatic carbocycles. The van der Waals surface area contributed by atoms with Crippen LogP contribution in [-0.2, 0) is 14.3 Å². The van der Waals surface area contributed by atoms with E-state index in [0.717, 1.165) is 0 Å². The van der Waals surface area contributed by atoms with Gasteiger partial charge in [-0.3, -0.25) is 14.4 Å². The van der Waals surface area contributed by atoms with Crippen LogP contribution >= 0.6 is 23.2 Å². The van der Waals surface area contributed by atoms with E-state index in [1.807, 2.05) is 0 Å². The highest BCUT2D eigenvalue weighted by atomic mass is 35.5. The molecule has 2 N–H and O–H groups in total. The summed E-state index contributed by atoms with van der Waals surface area (Å²) < 4.78 is 5.00. The lowest BCUT2D eigenvalue weighted by molar-refractivity contribution is -0.152. The van der Waals surface area contributed by atoms with E-state index in [1.54, 1.807) is 36.4 Å². The van der Waals surface area contributed by atoms with Gasteiger partial charge in [0, 0.05) is 10.6 Å². The van der Waals surface area contributed by atoms with Crippen molar-refractivity contribution in [2.45, 2.75) is 13.0 Å². The maximum atomic E-state index is 12.1. The molecular weight excluding hydrogens is 379 g/mol. The van der Waals surface area contributed by atoms with Crippen LogP contribution in [0.25, 0.3) is 0 Å². The molecule has 26 heavy (non-hydrogen) atoms. The first-order valence-corrected chi connectivity index (χ1v) is 8.41. The summed E-state index contributed by atoms with van der Waals surface area (Å²) in [5.41, 5.74) is 0.728. The van der Waals surface area contributed by atoms with Crippen LogP contribution in [0, 0.1) is 0 Å². The predicted octanol–water partition coefficient (Wildman–Crippen LogP) is 3.29. The Balaban J connectivity index is 1.83. The number of rotatable bonds is 6. The summed E-state index contributed by atoms with van der Waals surface area (Å²) in [6.07, 6.45) is -1.08. The Bertz CT molecular complexity index is 812. The first kappa shape index (κ1) is 19.8. The summed E-state index contributed by atoms with van der Waals surface area (Å²) in [6, 6.07) is 13.0. The van der Waals surface area contributed by atoms with Gasteiger partial charge < -0.3 is 15.4 Å². The Kier molecular flexibility index (Phi) is 7.00. The molecule has 0 aliphatic heterocycles. The highest BCUT2D eigenvalue weighted by Crippen LogP contribution is 2.25. The maximum absolute atomic E-state index is 12.1. The molecule has 0 bridgehead atoms. The summed E-state index contributed by atoms with van der Waals surface area (Å²) in [5, 5.41) is 5.66. The minimum atomic E-state index is -1.08. The van der Waals surface area contributed by atoms with Gasteiger partial charge >= 0.3 is 5.97 Å². The van der Waals surface area contributed by atoms with Gasteiger partial charge in [0.15, 0.2) is 6.10 Å². The third kappa shape index (κ3) is 5.75. The predicted molar refractivity (Wildman–Crippen MR) is 99.4 cm³/mol. The molecule has 0 saturated carbocycles. The van der Waals surface area contributed by atoms with Gasteiger partial charge in [-0.2, -0.15) is 0 Å². The van der Waals surface area contributed by atoms with Crippen molar-refractivity contribution in [2.75, 3.05) is 11.9 Å². The monoisotopic (exact) mass is 394 g/mol. The molecule has 8 heteroatoms. The Morgan fingerprint density at radius 2 is 1.77 bits per heavy atom. The van der Waals surface area contributed by atoms with Gasteiger partial charge in [-0.15, -0.1) is 0 Å². The van der Waals surface area contributed by atoms with Gasteiger partial charge in [0.1, 0.15) is 6.54 Å². The van der Waals surface area contributed by atoms with E-state index >= 15 is 0 Å². The van der Waals surface area contributed by atoms with Gasteiger partial charge in [0.2, 0.25) is 0 Å². The molecule has 0 aliphatic carbocycles. The van der Waals surface area contributed by atoms with Crippen molar-refractivity contribution in [1.29, 1.82) is 0 Å². The summed E-state index contributed by atoms with van der Waals surface area (Å²) in [5.74, 6) is -1.73. The van der Waals surface area contributed by atoms with Crippen molar-refractivity contribution in [1.82, 2.24) is 5.32 Å². The molecule has 1 atom stereocenters. The first-order valence-electron chi connectivity index (χ1n) is 7.65.